The molecule has 0 unspecified atom stereocenters. The van der Waals surface area contributed by atoms with E-state index in [4.69, 9.17) is 0 Å². The summed E-state index contributed by atoms with van der Waals surface area (Å²) in [7, 11) is 1.58. The topological polar surface area (TPSA) is 40.6 Å². The van der Waals surface area contributed by atoms with Gasteiger partial charge in [-0.1, -0.05) is 18.2 Å². The zero-order chi connectivity index (χ0) is 18.6. The fraction of sp³-hybridized carbons (Fsp3) is 0.222. The molecule has 0 atom stereocenters. The van der Waals surface area contributed by atoms with Gasteiger partial charge in [-0.3, -0.25) is 9.59 Å². The van der Waals surface area contributed by atoms with Gasteiger partial charge in [-0.25, -0.2) is 13.2 Å². The van der Waals surface area contributed by atoms with E-state index in [2.05, 4.69) is 0 Å². The van der Waals surface area contributed by atoms with Crippen molar-refractivity contribution in [3.63, 3.8) is 0 Å². The van der Waals surface area contributed by atoms with Crippen LogP contribution < -0.4 is 9.80 Å². The average molecular weight is 350 g/mol. The largest absolute Gasteiger partial charge is 0.315 e. The summed E-state index contributed by atoms with van der Waals surface area (Å²) in [5.74, 6) is -5.35. The van der Waals surface area contributed by atoms with Crippen molar-refractivity contribution in [2.75, 3.05) is 23.4 Å². The zero-order valence-electron chi connectivity index (χ0n) is 13.8. The quantitative estimate of drug-likeness (QED) is 0.775. The van der Waals surface area contributed by atoms with Crippen LogP contribution in [0, 0.1) is 17.5 Å². The number of hydrogen-bond acceptors (Lipinski definition) is 2. The lowest BCUT2D eigenvalue weighted by Crippen LogP contribution is -2.35. The van der Waals surface area contributed by atoms with E-state index >= 15 is 0 Å². The fourth-order valence-electron chi connectivity index (χ4n) is 2.34. The second kappa shape index (κ2) is 7.83. The third-order valence-electron chi connectivity index (χ3n) is 3.75. The van der Waals surface area contributed by atoms with Gasteiger partial charge in [0.15, 0.2) is 17.5 Å². The van der Waals surface area contributed by atoms with Gasteiger partial charge >= 0.3 is 0 Å². The maximum atomic E-state index is 13.9. The van der Waals surface area contributed by atoms with Crippen LogP contribution in [0.4, 0.5) is 24.5 Å². The van der Waals surface area contributed by atoms with E-state index in [1.807, 2.05) is 6.07 Å². The molecule has 0 saturated carbocycles. The molecule has 0 heterocycles. The maximum Gasteiger partial charge on any atom is 0.228 e. The molecule has 0 saturated heterocycles. The van der Waals surface area contributed by atoms with E-state index in [1.165, 1.54) is 4.90 Å². The minimum Gasteiger partial charge on any atom is -0.315 e. The summed E-state index contributed by atoms with van der Waals surface area (Å²) in [4.78, 5) is 26.3. The third kappa shape index (κ3) is 4.17. The Morgan fingerprint density at radius 3 is 2.20 bits per heavy atom. The highest BCUT2D eigenvalue weighted by molar-refractivity contribution is 5.95. The summed E-state index contributed by atoms with van der Waals surface area (Å²) < 4.78 is 40.4. The van der Waals surface area contributed by atoms with E-state index in [1.54, 1.807) is 31.3 Å². The Morgan fingerprint density at radius 1 is 0.960 bits per heavy atom. The minimum absolute atomic E-state index is 0.108. The van der Waals surface area contributed by atoms with Crippen molar-refractivity contribution in [2.24, 2.45) is 0 Å². The minimum atomic E-state index is -1.66. The molecule has 0 bridgehead atoms. The first-order valence-corrected chi connectivity index (χ1v) is 7.56. The van der Waals surface area contributed by atoms with Crippen molar-refractivity contribution in [2.45, 2.75) is 13.3 Å². The number of hydrogen-bond donors (Lipinski definition) is 0. The van der Waals surface area contributed by atoms with Crippen LogP contribution in [0.2, 0.25) is 0 Å². The zero-order valence-corrected chi connectivity index (χ0v) is 13.8. The number of amides is 2. The average Bonchev–Trinajstić information content (AvgIpc) is 2.61. The molecular formula is C18H17F3N2O2. The van der Waals surface area contributed by atoms with Crippen molar-refractivity contribution in [1.29, 1.82) is 0 Å². The molecule has 2 aromatic carbocycles. The molecule has 0 aliphatic rings. The lowest BCUT2D eigenvalue weighted by atomic mass is 10.2. The summed E-state index contributed by atoms with van der Waals surface area (Å²) in [5, 5.41) is 0. The lowest BCUT2D eigenvalue weighted by Gasteiger charge is -2.23. The van der Waals surface area contributed by atoms with Gasteiger partial charge in [-0.05, 0) is 24.3 Å². The summed E-state index contributed by atoms with van der Waals surface area (Å²) >= 11 is 0. The van der Waals surface area contributed by atoms with Crippen molar-refractivity contribution in [3.8, 4) is 0 Å². The molecule has 132 valence electrons. The van der Waals surface area contributed by atoms with E-state index in [0.717, 1.165) is 24.0 Å². The molecule has 2 rings (SSSR count). The Labute approximate surface area is 143 Å². The highest BCUT2D eigenvalue weighted by atomic mass is 19.2. The van der Waals surface area contributed by atoms with Crippen LogP contribution in [0.15, 0.2) is 42.5 Å². The van der Waals surface area contributed by atoms with Crippen LogP contribution in [0.3, 0.4) is 0 Å². The van der Waals surface area contributed by atoms with Gasteiger partial charge in [0.1, 0.15) is 0 Å². The van der Waals surface area contributed by atoms with Crippen LogP contribution in [-0.2, 0) is 9.59 Å². The first-order valence-electron chi connectivity index (χ1n) is 7.56. The van der Waals surface area contributed by atoms with Crippen molar-refractivity contribution >= 4 is 23.2 Å². The van der Waals surface area contributed by atoms with E-state index in [-0.39, 0.29) is 18.9 Å². The number of para-hydroxylation sites is 1. The number of rotatable bonds is 5. The molecule has 0 aliphatic carbocycles. The Morgan fingerprint density at radius 2 is 1.60 bits per heavy atom. The van der Waals surface area contributed by atoms with Gasteiger partial charge in [0, 0.05) is 32.6 Å². The maximum absolute atomic E-state index is 13.9. The highest BCUT2D eigenvalue weighted by Gasteiger charge is 2.22. The summed E-state index contributed by atoms with van der Waals surface area (Å²) in [6, 6.07) is 10.6. The third-order valence-corrected chi connectivity index (χ3v) is 3.75. The van der Waals surface area contributed by atoms with Crippen molar-refractivity contribution < 1.29 is 22.8 Å². The van der Waals surface area contributed by atoms with Gasteiger partial charge in [0.05, 0.1) is 5.69 Å². The Kier molecular flexibility index (Phi) is 5.80. The van der Waals surface area contributed by atoms with Crippen LogP contribution in [0.5, 0.6) is 0 Å². The number of nitrogens with zero attached hydrogens (tertiary/aromatic N) is 2. The monoisotopic (exact) mass is 350 g/mol. The molecule has 2 amide bonds. The number of anilines is 2. The van der Waals surface area contributed by atoms with E-state index < -0.39 is 29.0 Å². The summed E-state index contributed by atoms with van der Waals surface area (Å²) in [6.07, 6.45) is -0.108. The standard InChI is InChI=1S/C18H17F3N2O2/c1-12(24)23(15-9-8-14(19)17(20)18(15)21)11-10-16(25)22(2)13-6-4-3-5-7-13/h3-9H,10-11H2,1-2H3. The number of carbonyl (C=O) groups excluding carboxylic acids is 2. The van der Waals surface area contributed by atoms with Crippen LogP contribution in [0.1, 0.15) is 13.3 Å². The molecule has 0 aromatic heterocycles. The molecular weight excluding hydrogens is 333 g/mol. The first-order chi connectivity index (χ1) is 11.8. The molecule has 4 nitrogen and oxygen atoms in total. The predicted octanol–water partition coefficient (Wildman–Crippen LogP) is 3.51. The smallest absolute Gasteiger partial charge is 0.228 e. The molecule has 0 fully saturated rings. The molecule has 7 heteroatoms. The Hall–Kier alpha value is -2.83. The van der Waals surface area contributed by atoms with Gasteiger partial charge in [-0.2, -0.15) is 0 Å². The van der Waals surface area contributed by atoms with E-state index in [0.29, 0.717) is 5.69 Å². The second-order valence-corrected chi connectivity index (χ2v) is 5.40. The molecule has 2 aromatic rings. The number of carbonyl (C=O) groups is 2. The molecule has 0 radical (unpaired) electrons. The highest BCUT2D eigenvalue weighted by Crippen LogP contribution is 2.24. The summed E-state index contributed by atoms with van der Waals surface area (Å²) in [5.41, 5.74) is 0.266. The van der Waals surface area contributed by atoms with Gasteiger partial charge in [0.25, 0.3) is 0 Å². The second-order valence-electron chi connectivity index (χ2n) is 5.40. The number of benzene rings is 2. The van der Waals surface area contributed by atoms with Gasteiger partial charge in [0.2, 0.25) is 11.8 Å². The SMILES string of the molecule is CC(=O)N(CCC(=O)N(C)c1ccccc1)c1ccc(F)c(F)c1F. The Bertz CT molecular complexity index is 781. The van der Waals surface area contributed by atoms with Crippen molar-refractivity contribution in [3.05, 3.63) is 59.9 Å². The Balaban J connectivity index is 2.14. The van der Waals surface area contributed by atoms with Crippen LogP contribution in [0.25, 0.3) is 0 Å². The predicted molar refractivity (Wildman–Crippen MR) is 88.8 cm³/mol. The fourth-order valence-corrected chi connectivity index (χ4v) is 2.34. The number of halogens is 3. The lowest BCUT2D eigenvalue weighted by molar-refractivity contribution is -0.118. The normalized spacial score (nSPS) is 10.4. The molecule has 0 N–H and O–H groups in total. The van der Waals surface area contributed by atoms with Crippen molar-refractivity contribution in [1.82, 2.24) is 0 Å². The van der Waals surface area contributed by atoms with E-state index in [9.17, 15) is 22.8 Å². The summed E-state index contributed by atoms with van der Waals surface area (Å²) in [6.45, 7) is 0.999. The van der Waals surface area contributed by atoms with Crippen LogP contribution >= 0.6 is 0 Å². The molecule has 25 heavy (non-hydrogen) atoms. The van der Waals surface area contributed by atoms with Gasteiger partial charge in [-0.15, -0.1) is 0 Å². The molecule has 0 spiro atoms. The molecule has 0 aliphatic heterocycles. The van der Waals surface area contributed by atoms with Crippen LogP contribution in [-0.4, -0.2) is 25.4 Å². The first kappa shape index (κ1) is 18.5. The van der Waals surface area contributed by atoms with Gasteiger partial charge < -0.3 is 9.80 Å².